The number of hydrogen-bond donors (Lipinski definition) is 0. The number of carbonyl (C=O) groups excluding carboxylic acids is 2. The van der Waals surface area contributed by atoms with Gasteiger partial charge in [0.1, 0.15) is 0 Å². The molecule has 0 saturated heterocycles. The molecule has 0 spiro atoms. The van der Waals surface area contributed by atoms with E-state index in [1.54, 1.807) is 0 Å². The predicted molar refractivity (Wildman–Crippen MR) is 126 cm³/mol. The second-order valence-electron chi connectivity index (χ2n) is 8.58. The summed E-state index contributed by atoms with van der Waals surface area (Å²) in [6.45, 7) is 6.90. The lowest BCUT2D eigenvalue weighted by Crippen LogP contribution is -2.11. The van der Waals surface area contributed by atoms with E-state index in [1.165, 1.54) is 77.0 Å². The van der Waals surface area contributed by atoms with Crippen molar-refractivity contribution in [3.8, 4) is 0 Å². The molecule has 0 N–H and O–H groups in total. The molecule has 0 rings (SSSR count). The smallest absolute Gasteiger partial charge is 0.306 e. The minimum Gasteiger partial charge on any atom is -0.466 e. The molecule has 0 fully saturated rings. The third kappa shape index (κ3) is 20.2. The van der Waals surface area contributed by atoms with Gasteiger partial charge in [-0.2, -0.15) is 0 Å². The minimum absolute atomic E-state index is 0.0293. The van der Waals surface area contributed by atoms with Crippen molar-refractivity contribution in [2.75, 3.05) is 13.2 Å². The molecule has 0 aliphatic heterocycles. The highest BCUT2D eigenvalue weighted by Gasteiger charge is 2.12. The van der Waals surface area contributed by atoms with E-state index < -0.39 is 0 Å². The standard InChI is InChI=1S/C26H50O4/c1-4-24(23-26(28)30-6-3)21-19-17-15-13-11-9-7-8-10-12-14-16-18-20-22-25(27)29-5-2/h24H,4-23H2,1-3H3. The zero-order valence-electron chi connectivity index (χ0n) is 20.4. The lowest BCUT2D eigenvalue weighted by atomic mass is 9.95. The molecule has 0 bridgehead atoms. The summed E-state index contributed by atoms with van der Waals surface area (Å²) in [5.74, 6) is 0.427. The summed E-state index contributed by atoms with van der Waals surface area (Å²) in [5.41, 5.74) is 0. The van der Waals surface area contributed by atoms with Gasteiger partial charge in [-0.15, -0.1) is 0 Å². The van der Waals surface area contributed by atoms with E-state index in [4.69, 9.17) is 9.47 Å². The van der Waals surface area contributed by atoms with Gasteiger partial charge in [0.25, 0.3) is 0 Å². The fourth-order valence-electron chi connectivity index (χ4n) is 3.96. The summed E-state index contributed by atoms with van der Waals surface area (Å²) < 4.78 is 10.0. The lowest BCUT2D eigenvalue weighted by molar-refractivity contribution is -0.144. The van der Waals surface area contributed by atoms with E-state index in [1.807, 2.05) is 13.8 Å². The molecule has 178 valence electrons. The molecule has 30 heavy (non-hydrogen) atoms. The van der Waals surface area contributed by atoms with Crippen LogP contribution < -0.4 is 0 Å². The number of rotatable bonds is 22. The van der Waals surface area contributed by atoms with Crippen molar-refractivity contribution in [2.45, 2.75) is 136 Å². The average molecular weight is 427 g/mol. The molecule has 0 aromatic heterocycles. The first-order valence-corrected chi connectivity index (χ1v) is 12.9. The van der Waals surface area contributed by atoms with E-state index in [9.17, 15) is 9.59 Å². The highest BCUT2D eigenvalue weighted by Crippen LogP contribution is 2.19. The van der Waals surface area contributed by atoms with Crippen molar-refractivity contribution in [3.05, 3.63) is 0 Å². The first kappa shape index (κ1) is 28.9. The Kier molecular flexibility index (Phi) is 21.8. The van der Waals surface area contributed by atoms with Gasteiger partial charge in [-0.3, -0.25) is 9.59 Å². The molecule has 0 heterocycles. The van der Waals surface area contributed by atoms with Gasteiger partial charge in [0.15, 0.2) is 0 Å². The van der Waals surface area contributed by atoms with Gasteiger partial charge >= 0.3 is 11.9 Å². The highest BCUT2D eigenvalue weighted by molar-refractivity contribution is 5.69. The van der Waals surface area contributed by atoms with Crippen LogP contribution in [0.2, 0.25) is 0 Å². The van der Waals surface area contributed by atoms with E-state index in [-0.39, 0.29) is 11.9 Å². The molecule has 0 amide bonds. The maximum atomic E-state index is 11.6. The van der Waals surface area contributed by atoms with Crippen LogP contribution in [0.3, 0.4) is 0 Å². The van der Waals surface area contributed by atoms with Crippen LogP contribution in [0.15, 0.2) is 0 Å². The fourth-order valence-corrected chi connectivity index (χ4v) is 3.96. The van der Waals surface area contributed by atoms with Gasteiger partial charge < -0.3 is 9.47 Å². The quantitative estimate of drug-likeness (QED) is 0.131. The van der Waals surface area contributed by atoms with Crippen molar-refractivity contribution < 1.29 is 19.1 Å². The van der Waals surface area contributed by atoms with Gasteiger partial charge in [-0.25, -0.2) is 0 Å². The van der Waals surface area contributed by atoms with Crippen LogP contribution in [0, 0.1) is 5.92 Å². The van der Waals surface area contributed by atoms with Crippen LogP contribution in [0.1, 0.15) is 136 Å². The summed E-state index contributed by atoms with van der Waals surface area (Å²) in [6, 6.07) is 0. The van der Waals surface area contributed by atoms with Crippen molar-refractivity contribution >= 4 is 11.9 Å². The normalized spacial score (nSPS) is 12.0. The maximum absolute atomic E-state index is 11.6. The van der Waals surface area contributed by atoms with Crippen LogP contribution >= 0.6 is 0 Å². The van der Waals surface area contributed by atoms with Gasteiger partial charge in [0.2, 0.25) is 0 Å². The van der Waals surface area contributed by atoms with E-state index in [2.05, 4.69) is 6.92 Å². The molecule has 4 nitrogen and oxygen atoms in total. The zero-order valence-corrected chi connectivity index (χ0v) is 20.4. The number of carbonyl (C=O) groups is 2. The second-order valence-corrected chi connectivity index (χ2v) is 8.58. The van der Waals surface area contributed by atoms with Crippen molar-refractivity contribution in [1.82, 2.24) is 0 Å². The summed E-state index contributed by atoms with van der Waals surface area (Å²) in [5, 5.41) is 0. The Balaban J connectivity index is 3.27. The Morgan fingerprint density at radius 2 is 0.967 bits per heavy atom. The number of unbranched alkanes of at least 4 members (excludes halogenated alkanes) is 13. The first-order valence-electron chi connectivity index (χ1n) is 12.9. The molecule has 4 heteroatoms. The minimum atomic E-state index is -0.0448. The summed E-state index contributed by atoms with van der Waals surface area (Å²) in [7, 11) is 0. The van der Waals surface area contributed by atoms with Crippen LogP contribution in [-0.4, -0.2) is 25.2 Å². The Labute approximate surface area is 186 Å². The second kappa shape index (κ2) is 22.6. The SMILES string of the molecule is CCOC(=O)CCCCCCCCCCCCCCCCC(CC)CC(=O)OCC. The van der Waals surface area contributed by atoms with Crippen molar-refractivity contribution in [3.63, 3.8) is 0 Å². The van der Waals surface area contributed by atoms with Gasteiger partial charge in [-0.05, 0) is 32.6 Å². The first-order chi connectivity index (χ1) is 14.6. The Bertz CT molecular complexity index is 394. The Hall–Kier alpha value is -1.06. The number of ether oxygens (including phenoxy) is 2. The topological polar surface area (TPSA) is 52.6 Å². The fraction of sp³-hybridized carbons (Fsp3) is 0.923. The zero-order chi connectivity index (χ0) is 22.3. The van der Waals surface area contributed by atoms with Crippen LogP contribution in [-0.2, 0) is 19.1 Å². The summed E-state index contributed by atoms with van der Waals surface area (Å²) in [4.78, 5) is 22.8. The Morgan fingerprint density at radius 3 is 1.40 bits per heavy atom. The van der Waals surface area contributed by atoms with Gasteiger partial charge in [0, 0.05) is 12.8 Å². The van der Waals surface area contributed by atoms with Crippen LogP contribution in [0.5, 0.6) is 0 Å². The van der Waals surface area contributed by atoms with Gasteiger partial charge in [0.05, 0.1) is 13.2 Å². The lowest BCUT2D eigenvalue weighted by Gasteiger charge is -2.13. The maximum Gasteiger partial charge on any atom is 0.306 e. The van der Waals surface area contributed by atoms with Crippen molar-refractivity contribution in [1.29, 1.82) is 0 Å². The summed E-state index contributed by atoms with van der Waals surface area (Å²) in [6.07, 6.45) is 21.5. The molecule has 0 aromatic rings. The summed E-state index contributed by atoms with van der Waals surface area (Å²) >= 11 is 0. The number of hydrogen-bond acceptors (Lipinski definition) is 4. The van der Waals surface area contributed by atoms with E-state index >= 15 is 0 Å². The molecule has 0 aromatic carbocycles. The van der Waals surface area contributed by atoms with E-state index in [0.717, 1.165) is 25.7 Å². The molecule has 1 atom stereocenters. The molecule has 0 saturated carbocycles. The van der Waals surface area contributed by atoms with Gasteiger partial charge in [-0.1, -0.05) is 96.8 Å². The van der Waals surface area contributed by atoms with Crippen LogP contribution in [0.4, 0.5) is 0 Å². The van der Waals surface area contributed by atoms with E-state index in [0.29, 0.717) is 32.0 Å². The van der Waals surface area contributed by atoms with Crippen LogP contribution in [0.25, 0.3) is 0 Å². The molecule has 1 unspecified atom stereocenters. The molecular weight excluding hydrogens is 376 g/mol. The molecule has 0 aliphatic carbocycles. The molecule has 0 radical (unpaired) electrons. The highest BCUT2D eigenvalue weighted by atomic mass is 16.5. The predicted octanol–water partition coefficient (Wildman–Crippen LogP) is 7.77. The third-order valence-electron chi connectivity index (χ3n) is 5.89. The monoisotopic (exact) mass is 426 g/mol. The van der Waals surface area contributed by atoms with Crippen molar-refractivity contribution in [2.24, 2.45) is 5.92 Å². The average Bonchev–Trinajstić information content (AvgIpc) is 2.72. The molecular formula is C26H50O4. The Morgan fingerprint density at radius 1 is 0.567 bits per heavy atom. The largest absolute Gasteiger partial charge is 0.466 e. The molecule has 0 aliphatic rings. The number of esters is 2. The third-order valence-corrected chi connectivity index (χ3v) is 5.89.